The number of para-hydroxylation sites is 1. The minimum absolute atomic E-state index is 0.123. The minimum atomic E-state index is -0.238. The van der Waals surface area contributed by atoms with Crippen molar-refractivity contribution in [2.24, 2.45) is 4.99 Å². The fourth-order valence-corrected chi connectivity index (χ4v) is 4.73. The van der Waals surface area contributed by atoms with Crippen molar-refractivity contribution in [2.45, 2.75) is 31.2 Å². The van der Waals surface area contributed by atoms with E-state index < -0.39 is 0 Å². The van der Waals surface area contributed by atoms with Crippen LogP contribution in [-0.4, -0.2) is 23.3 Å². The van der Waals surface area contributed by atoms with E-state index in [0.717, 1.165) is 33.0 Å². The van der Waals surface area contributed by atoms with Gasteiger partial charge in [0.1, 0.15) is 17.1 Å². The van der Waals surface area contributed by atoms with Crippen LogP contribution in [0.5, 0.6) is 5.75 Å². The number of rotatable bonds is 7. The number of hydrogen-bond donors (Lipinski definition) is 0. The average Bonchev–Trinajstić information content (AvgIpc) is 3.03. The Kier molecular flexibility index (Phi) is 6.68. The van der Waals surface area contributed by atoms with E-state index in [1.54, 1.807) is 31.0 Å². The number of nitrogens with zero attached hydrogens (tertiary/aromatic N) is 2. The van der Waals surface area contributed by atoms with Crippen molar-refractivity contribution in [2.75, 3.05) is 12.9 Å². The first-order chi connectivity index (χ1) is 13.1. The molecule has 0 spiro atoms. The third-order valence-electron chi connectivity index (χ3n) is 4.04. The molecule has 0 bridgehead atoms. The average molecular weight is 405 g/mol. The fraction of sp³-hybridized carbons (Fsp3) is 0.300. The van der Waals surface area contributed by atoms with Gasteiger partial charge in [-0.2, -0.15) is 4.99 Å². The molecule has 1 heterocycles. The van der Waals surface area contributed by atoms with Crippen LogP contribution in [0.4, 0.5) is 4.39 Å². The highest BCUT2D eigenvalue weighted by Crippen LogP contribution is 2.27. The minimum Gasteiger partial charge on any atom is -0.495 e. The summed E-state index contributed by atoms with van der Waals surface area (Å²) in [5, 5.41) is 0. The standard InChI is InChI=1S/C20H21FN2O2S2/c1-3-23-19-16(25-2)6-4-7-17(19)27-20(23)22-18(24)8-5-13-26-15-11-9-14(21)10-12-15/h4,6-7,9-12H,3,5,8,13H2,1-2H3. The summed E-state index contributed by atoms with van der Waals surface area (Å²) in [4.78, 5) is 18.3. The third-order valence-corrected chi connectivity index (χ3v) is 6.18. The molecule has 142 valence electrons. The van der Waals surface area contributed by atoms with Crippen molar-refractivity contribution in [3.05, 3.63) is 53.1 Å². The second-order valence-electron chi connectivity index (χ2n) is 5.85. The van der Waals surface area contributed by atoms with Gasteiger partial charge in [-0.05, 0) is 55.5 Å². The molecule has 0 fully saturated rings. The smallest absolute Gasteiger partial charge is 0.248 e. The predicted molar refractivity (Wildman–Crippen MR) is 109 cm³/mol. The normalized spacial score (nSPS) is 11.9. The molecule has 4 nitrogen and oxygen atoms in total. The fourth-order valence-electron chi connectivity index (χ4n) is 2.75. The molecule has 1 amide bonds. The highest BCUT2D eigenvalue weighted by molar-refractivity contribution is 7.99. The van der Waals surface area contributed by atoms with Crippen molar-refractivity contribution >= 4 is 39.2 Å². The van der Waals surface area contributed by atoms with Crippen LogP contribution in [0.3, 0.4) is 0 Å². The van der Waals surface area contributed by atoms with E-state index in [2.05, 4.69) is 4.99 Å². The molecule has 0 N–H and O–H groups in total. The number of fused-ring (bicyclic) bond motifs is 1. The Labute approximate surface area is 165 Å². The molecule has 3 aromatic rings. The molecule has 0 radical (unpaired) electrons. The van der Waals surface area contributed by atoms with Gasteiger partial charge in [0.05, 0.1) is 11.8 Å². The Balaban J connectivity index is 1.67. The maximum absolute atomic E-state index is 12.9. The van der Waals surface area contributed by atoms with Gasteiger partial charge in [0.25, 0.3) is 0 Å². The molecule has 0 saturated heterocycles. The molecule has 0 saturated carbocycles. The number of aromatic nitrogens is 1. The quantitative estimate of drug-likeness (QED) is 0.417. The van der Waals surface area contributed by atoms with E-state index in [1.165, 1.54) is 23.5 Å². The Bertz CT molecular complexity index is 993. The Morgan fingerprint density at radius 1 is 1.26 bits per heavy atom. The first-order valence-electron chi connectivity index (χ1n) is 8.74. The number of amides is 1. The summed E-state index contributed by atoms with van der Waals surface area (Å²) in [6.07, 6.45) is 1.12. The summed E-state index contributed by atoms with van der Waals surface area (Å²) in [6.45, 7) is 2.74. The number of thioether (sulfide) groups is 1. The van der Waals surface area contributed by atoms with E-state index in [4.69, 9.17) is 4.74 Å². The molecule has 0 aliphatic heterocycles. The van der Waals surface area contributed by atoms with E-state index in [9.17, 15) is 9.18 Å². The summed E-state index contributed by atoms with van der Waals surface area (Å²) < 4.78 is 21.4. The maximum Gasteiger partial charge on any atom is 0.248 e. The lowest BCUT2D eigenvalue weighted by molar-refractivity contribution is -0.118. The van der Waals surface area contributed by atoms with Gasteiger partial charge >= 0.3 is 0 Å². The second kappa shape index (κ2) is 9.19. The zero-order valence-corrected chi connectivity index (χ0v) is 16.9. The van der Waals surface area contributed by atoms with Crippen LogP contribution in [0.25, 0.3) is 10.2 Å². The molecule has 2 aromatic carbocycles. The number of hydrogen-bond acceptors (Lipinski definition) is 4. The Hall–Kier alpha value is -2.12. The number of carbonyl (C=O) groups is 1. The Morgan fingerprint density at radius 3 is 2.74 bits per heavy atom. The van der Waals surface area contributed by atoms with Crippen LogP contribution >= 0.6 is 23.1 Å². The summed E-state index contributed by atoms with van der Waals surface area (Å²) in [6, 6.07) is 12.3. The van der Waals surface area contributed by atoms with Crippen LogP contribution in [0.1, 0.15) is 19.8 Å². The van der Waals surface area contributed by atoms with Gasteiger partial charge in [0.2, 0.25) is 5.91 Å². The van der Waals surface area contributed by atoms with Crippen LogP contribution in [-0.2, 0) is 11.3 Å². The van der Waals surface area contributed by atoms with E-state index in [-0.39, 0.29) is 11.7 Å². The zero-order chi connectivity index (χ0) is 19.2. The van der Waals surface area contributed by atoms with E-state index in [0.29, 0.717) is 17.8 Å². The van der Waals surface area contributed by atoms with Crippen molar-refractivity contribution in [3.63, 3.8) is 0 Å². The van der Waals surface area contributed by atoms with Crippen molar-refractivity contribution in [1.29, 1.82) is 0 Å². The second-order valence-corrected chi connectivity index (χ2v) is 8.02. The molecule has 0 atom stereocenters. The van der Waals surface area contributed by atoms with Crippen molar-refractivity contribution in [3.8, 4) is 5.75 Å². The zero-order valence-electron chi connectivity index (χ0n) is 15.3. The van der Waals surface area contributed by atoms with Crippen LogP contribution < -0.4 is 9.54 Å². The first kappa shape index (κ1) is 19.6. The number of methoxy groups -OCH3 is 1. The molecule has 0 aliphatic carbocycles. The maximum atomic E-state index is 12.9. The molecular formula is C20H21FN2O2S2. The molecular weight excluding hydrogens is 383 g/mol. The van der Waals surface area contributed by atoms with Crippen LogP contribution in [0.2, 0.25) is 0 Å². The molecule has 3 rings (SSSR count). The molecule has 27 heavy (non-hydrogen) atoms. The van der Waals surface area contributed by atoms with Crippen LogP contribution in [0.15, 0.2) is 52.4 Å². The highest BCUT2D eigenvalue weighted by atomic mass is 32.2. The first-order valence-corrected chi connectivity index (χ1v) is 10.5. The lowest BCUT2D eigenvalue weighted by Gasteiger charge is -2.05. The summed E-state index contributed by atoms with van der Waals surface area (Å²) in [7, 11) is 1.65. The van der Waals surface area contributed by atoms with E-state index >= 15 is 0 Å². The summed E-state index contributed by atoms with van der Waals surface area (Å²) >= 11 is 3.11. The predicted octanol–water partition coefficient (Wildman–Crippen LogP) is 4.87. The van der Waals surface area contributed by atoms with Gasteiger partial charge in [0, 0.05) is 17.9 Å². The number of thiazole rings is 1. The van der Waals surface area contributed by atoms with Crippen molar-refractivity contribution < 1.29 is 13.9 Å². The van der Waals surface area contributed by atoms with Gasteiger partial charge < -0.3 is 9.30 Å². The van der Waals surface area contributed by atoms with Gasteiger partial charge in [-0.3, -0.25) is 4.79 Å². The largest absolute Gasteiger partial charge is 0.495 e. The molecule has 7 heteroatoms. The number of aryl methyl sites for hydroxylation is 1. The molecule has 0 unspecified atom stereocenters. The van der Waals surface area contributed by atoms with Gasteiger partial charge in [-0.15, -0.1) is 11.8 Å². The van der Waals surface area contributed by atoms with Gasteiger partial charge in [0.15, 0.2) is 4.80 Å². The summed E-state index contributed by atoms with van der Waals surface area (Å²) in [5.41, 5.74) is 0.978. The monoisotopic (exact) mass is 404 g/mol. The topological polar surface area (TPSA) is 43.6 Å². The van der Waals surface area contributed by atoms with Gasteiger partial charge in [-0.1, -0.05) is 17.4 Å². The lowest BCUT2D eigenvalue weighted by atomic mass is 10.3. The van der Waals surface area contributed by atoms with Crippen molar-refractivity contribution in [1.82, 2.24) is 4.57 Å². The number of halogens is 1. The number of carbonyl (C=O) groups excluding carboxylic acids is 1. The Morgan fingerprint density at radius 2 is 2.04 bits per heavy atom. The number of benzene rings is 2. The third kappa shape index (κ3) is 4.78. The molecule has 0 aliphatic rings. The van der Waals surface area contributed by atoms with Gasteiger partial charge in [-0.25, -0.2) is 4.39 Å². The van der Waals surface area contributed by atoms with Crippen LogP contribution in [0, 0.1) is 5.82 Å². The molecule has 1 aromatic heterocycles. The number of ether oxygens (including phenoxy) is 1. The lowest BCUT2D eigenvalue weighted by Crippen LogP contribution is -2.16. The van der Waals surface area contributed by atoms with E-state index in [1.807, 2.05) is 29.7 Å². The highest BCUT2D eigenvalue weighted by Gasteiger charge is 2.11. The SMILES string of the molecule is CCn1c(=NC(=O)CCCSc2ccc(F)cc2)sc2cccc(OC)c21. The summed E-state index contributed by atoms with van der Waals surface area (Å²) in [5.74, 6) is 1.22.